The van der Waals surface area contributed by atoms with E-state index in [4.69, 9.17) is 0 Å². The Morgan fingerprint density at radius 3 is 2.44 bits per heavy atom. The Balaban J connectivity index is 2.02. The smallest absolute Gasteiger partial charge is 0.127 e. The van der Waals surface area contributed by atoms with E-state index in [9.17, 15) is 4.39 Å². The van der Waals surface area contributed by atoms with Crippen LogP contribution in [0.2, 0.25) is 0 Å². The van der Waals surface area contributed by atoms with E-state index in [2.05, 4.69) is 18.7 Å². The monoisotopic (exact) mass is 221 g/mol. The molecule has 0 amide bonds. The summed E-state index contributed by atoms with van der Waals surface area (Å²) < 4.78 is 13.5. The molecule has 1 aromatic carbocycles. The molecule has 1 nitrogen and oxygen atoms in total. The molecule has 0 saturated carbocycles. The van der Waals surface area contributed by atoms with Crippen LogP contribution in [-0.4, -0.2) is 18.0 Å². The fourth-order valence-corrected chi connectivity index (χ4v) is 2.79. The van der Waals surface area contributed by atoms with Gasteiger partial charge in [-0.25, -0.2) is 4.39 Å². The molecule has 16 heavy (non-hydrogen) atoms. The first kappa shape index (κ1) is 11.6. The van der Waals surface area contributed by atoms with Crippen molar-refractivity contribution < 1.29 is 4.39 Å². The van der Waals surface area contributed by atoms with E-state index in [1.54, 1.807) is 12.1 Å². The molecule has 1 aliphatic heterocycles. The summed E-state index contributed by atoms with van der Waals surface area (Å²) in [5.41, 5.74) is 0.823. The molecule has 0 spiro atoms. The highest BCUT2D eigenvalue weighted by molar-refractivity contribution is 5.17. The summed E-state index contributed by atoms with van der Waals surface area (Å²) in [6.45, 7) is 7.51. The largest absolute Gasteiger partial charge is 0.298 e. The molecule has 2 heteroatoms. The first-order valence-electron chi connectivity index (χ1n) is 6.11. The number of hydrogen-bond donors (Lipinski definition) is 0. The van der Waals surface area contributed by atoms with Gasteiger partial charge in [0.1, 0.15) is 5.82 Å². The molecule has 1 aliphatic rings. The molecule has 2 atom stereocenters. The summed E-state index contributed by atoms with van der Waals surface area (Å²) in [5.74, 6) is 1.39. The predicted molar refractivity (Wildman–Crippen MR) is 64.6 cm³/mol. The average Bonchev–Trinajstić information content (AvgIpc) is 2.20. The van der Waals surface area contributed by atoms with Crippen LogP contribution >= 0.6 is 0 Å². The second kappa shape index (κ2) is 4.96. The topological polar surface area (TPSA) is 3.24 Å². The number of rotatable bonds is 2. The maximum atomic E-state index is 13.5. The molecule has 1 fully saturated rings. The van der Waals surface area contributed by atoms with Gasteiger partial charge in [-0.05, 0) is 24.3 Å². The van der Waals surface area contributed by atoms with Crippen molar-refractivity contribution in [1.82, 2.24) is 4.90 Å². The van der Waals surface area contributed by atoms with Gasteiger partial charge in [-0.2, -0.15) is 0 Å². The van der Waals surface area contributed by atoms with Crippen molar-refractivity contribution in [3.63, 3.8) is 0 Å². The predicted octanol–water partition coefficient (Wildman–Crippen LogP) is 3.30. The van der Waals surface area contributed by atoms with Crippen LogP contribution in [-0.2, 0) is 6.54 Å². The zero-order valence-corrected chi connectivity index (χ0v) is 10.1. The summed E-state index contributed by atoms with van der Waals surface area (Å²) in [7, 11) is 0. The van der Waals surface area contributed by atoms with Gasteiger partial charge in [-0.1, -0.05) is 32.0 Å². The van der Waals surface area contributed by atoms with Gasteiger partial charge in [0.15, 0.2) is 0 Å². The number of likely N-dealkylation sites (tertiary alicyclic amines) is 1. The van der Waals surface area contributed by atoms with Crippen LogP contribution in [0.5, 0.6) is 0 Å². The van der Waals surface area contributed by atoms with Crippen molar-refractivity contribution in [3.05, 3.63) is 35.6 Å². The zero-order chi connectivity index (χ0) is 11.5. The van der Waals surface area contributed by atoms with Crippen LogP contribution in [0.4, 0.5) is 4.39 Å². The second-order valence-corrected chi connectivity index (χ2v) is 5.23. The van der Waals surface area contributed by atoms with Gasteiger partial charge < -0.3 is 0 Å². The van der Waals surface area contributed by atoms with Gasteiger partial charge in [0, 0.05) is 25.2 Å². The number of halogens is 1. The van der Waals surface area contributed by atoms with Crippen LogP contribution in [0.15, 0.2) is 24.3 Å². The summed E-state index contributed by atoms with van der Waals surface area (Å²) in [4.78, 5) is 2.37. The summed E-state index contributed by atoms with van der Waals surface area (Å²) in [5, 5.41) is 0. The van der Waals surface area contributed by atoms with Crippen LogP contribution in [0.1, 0.15) is 25.8 Å². The third kappa shape index (κ3) is 2.82. The Hall–Kier alpha value is -0.890. The molecule has 0 bridgehead atoms. The lowest BCUT2D eigenvalue weighted by atomic mass is 9.91. The highest BCUT2D eigenvalue weighted by Crippen LogP contribution is 2.22. The Morgan fingerprint density at radius 1 is 1.19 bits per heavy atom. The van der Waals surface area contributed by atoms with Crippen molar-refractivity contribution in [3.8, 4) is 0 Å². The summed E-state index contributed by atoms with van der Waals surface area (Å²) >= 11 is 0. The number of benzene rings is 1. The van der Waals surface area contributed by atoms with E-state index in [0.717, 1.165) is 37.0 Å². The van der Waals surface area contributed by atoms with Crippen LogP contribution in [0.25, 0.3) is 0 Å². The third-order valence-electron chi connectivity index (χ3n) is 3.30. The van der Waals surface area contributed by atoms with Gasteiger partial charge in [-0.3, -0.25) is 4.90 Å². The minimum absolute atomic E-state index is 0.0756. The number of hydrogen-bond acceptors (Lipinski definition) is 1. The lowest BCUT2D eigenvalue weighted by Gasteiger charge is -2.35. The van der Waals surface area contributed by atoms with E-state index in [1.807, 2.05) is 12.1 Å². The summed E-state index contributed by atoms with van der Waals surface area (Å²) in [6.07, 6.45) is 1.30. The Kier molecular flexibility index (Phi) is 3.59. The quantitative estimate of drug-likeness (QED) is 0.740. The van der Waals surface area contributed by atoms with E-state index in [0.29, 0.717) is 0 Å². The zero-order valence-electron chi connectivity index (χ0n) is 10.1. The minimum atomic E-state index is -0.0756. The standard InChI is InChI=1S/C14H20FN/c1-11-7-12(2)9-16(8-11)10-13-5-3-4-6-14(13)15/h3-6,11-12H,7-10H2,1-2H3/t11-,12?/m1/s1. The van der Waals surface area contributed by atoms with E-state index in [-0.39, 0.29) is 5.82 Å². The van der Waals surface area contributed by atoms with Crippen molar-refractivity contribution in [2.75, 3.05) is 13.1 Å². The number of nitrogens with zero attached hydrogens (tertiary/aromatic N) is 1. The molecule has 1 heterocycles. The minimum Gasteiger partial charge on any atom is -0.298 e. The van der Waals surface area contributed by atoms with Crippen LogP contribution in [0, 0.1) is 17.7 Å². The fourth-order valence-electron chi connectivity index (χ4n) is 2.79. The molecule has 2 rings (SSSR count). The SMILES string of the molecule is CC1C[C@@H](C)CN(Cc2ccccc2F)C1. The highest BCUT2D eigenvalue weighted by Gasteiger charge is 2.22. The van der Waals surface area contributed by atoms with Gasteiger partial charge in [0.25, 0.3) is 0 Å². The molecule has 1 unspecified atom stereocenters. The molecule has 1 aromatic rings. The van der Waals surface area contributed by atoms with Gasteiger partial charge in [0.05, 0.1) is 0 Å². The van der Waals surface area contributed by atoms with Crippen LogP contribution < -0.4 is 0 Å². The van der Waals surface area contributed by atoms with Crippen molar-refractivity contribution >= 4 is 0 Å². The molecule has 0 aliphatic carbocycles. The molecule has 88 valence electrons. The van der Waals surface area contributed by atoms with E-state index < -0.39 is 0 Å². The first-order valence-corrected chi connectivity index (χ1v) is 6.11. The summed E-state index contributed by atoms with van der Waals surface area (Å²) in [6, 6.07) is 7.10. The van der Waals surface area contributed by atoms with Gasteiger partial charge in [-0.15, -0.1) is 0 Å². The molecular weight excluding hydrogens is 201 g/mol. The van der Waals surface area contributed by atoms with Gasteiger partial charge >= 0.3 is 0 Å². The normalized spacial score (nSPS) is 26.9. The molecule has 1 saturated heterocycles. The van der Waals surface area contributed by atoms with Crippen molar-refractivity contribution in [2.24, 2.45) is 11.8 Å². The van der Waals surface area contributed by atoms with E-state index >= 15 is 0 Å². The molecule has 0 N–H and O–H groups in total. The number of piperidine rings is 1. The molecular formula is C14H20FN. The lowest BCUT2D eigenvalue weighted by Crippen LogP contribution is -2.38. The fraction of sp³-hybridized carbons (Fsp3) is 0.571. The van der Waals surface area contributed by atoms with E-state index in [1.165, 1.54) is 6.42 Å². The lowest BCUT2D eigenvalue weighted by molar-refractivity contribution is 0.133. The Bertz CT molecular complexity index is 340. The average molecular weight is 221 g/mol. The van der Waals surface area contributed by atoms with Gasteiger partial charge in [0.2, 0.25) is 0 Å². The molecule has 0 aromatic heterocycles. The maximum absolute atomic E-state index is 13.5. The molecule has 0 radical (unpaired) electrons. The Labute approximate surface area is 97.3 Å². The first-order chi connectivity index (χ1) is 7.65. The van der Waals surface area contributed by atoms with Crippen molar-refractivity contribution in [1.29, 1.82) is 0 Å². The van der Waals surface area contributed by atoms with Crippen molar-refractivity contribution in [2.45, 2.75) is 26.8 Å². The Morgan fingerprint density at radius 2 is 1.81 bits per heavy atom. The second-order valence-electron chi connectivity index (χ2n) is 5.23. The third-order valence-corrected chi connectivity index (χ3v) is 3.30. The van der Waals surface area contributed by atoms with Crippen LogP contribution in [0.3, 0.4) is 0 Å². The maximum Gasteiger partial charge on any atom is 0.127 e. The highest BCUT2D eigenvalue weighted by atomic mass is 19.1.